The molecule has 1 aromatic heterocycles. The van der Waals surface area contributed by atoms with Crippen LogP contribution in [0.4, 0.5) is 5.69 Å². The van der Waals surface area contributed by atoms with E-state index in [-0.39, 0.29) is 11.9 Å². The Hall–Kier alpha value is -1.81. The predicted octanol–water partition coefficient (Wildman–Crippen LogP) is 2.75. The zero-order valence-corrected chi connectivity index (χ0v) is 11.0. The van der Waals surface area contributed by atoms with Crippen molar-refractivity contribution in [3.05, 3.63) is 52.2 Å². The van der Waals surface area contributed by atoms with Crippen LogP contribution in [0.25, 0.3) is 0 Å². The first-order valence-corrected chi connectivity index (χ1v) is 6.70. The molecule has 1 heterocycles. The second-order valence-electron chi connectivity index (χ2n) is 4.23. The highest BCUT2D eigenvalue weighted by Crippen LogP contribution is 2.18. The molecule has 2 rings (SSSR count). The minimum absolute atomic E-state index is 0.0153. The van der Waals surface area contributed by atoms with E-state index in [9.17, 15) is 4.79 Å². The van der Waals surface area contributed by atoms with E-state index in [0.717, 1.165) is 10.4 Å². The van der Waals surface area contributed by atoms with Gasteiger partial charge in [-0.25, -0.2) is 0 Å². The van der Waals surface area contributed by atoms with Crippen LogP contribution in [0.3, 0.4) is 0 Å². The molecule has 0 unspecified atom stereocenters. The number of thiophene rings is 1. The average Bonchev–Trinajstić information content (AvgIpc) is 2.81. The van der Waals surface area contributed by atoms with Crippen LogP contribution in [-0.4, -0.2) is 5.91 Å². The summed E-state index contributed by atoms with van der Waals surface area (Å²) < 4.78 is 0. The predicted molar refractivity (Wildman–Crippen MR) is 75.4 cm³/mol. The molecule has 0 spiro atoms. The van der Waals surface area contributed by atoms with Crippen LogP contribution in [0.2, 0.25) is 0 Å². The maximum Gasteiger partial charge on any atom is 0.224 e. The van der Waals surface area contributed by atoms with Gasteiger partial charge in [-0.3, -0.25) is 4.79 Å². The lowest BCUT2D eigenvalue weighted by Crippen LogP contribution is -2.27. The number of nitrogens with two attached hydrogens (primary N) is 1. The fraction of sp³-hybridized carbons (Fsp3) is 0.214. The third-order valence-corrected chi connectivity index (χ3v) is 3.72. The van der Waals surface area contributed by atoms with Crippen LogP contribution in [0.15, 0.2) is 41.8 Å². The Morgan fingerprint density at radius 2 is 2.22 bits per heavy atom. The van der Waals surface area contributed by atoms with Gasteiger partial charge in [-0.1, -0.05) is 18.2 Å². The van der Waals surface area contributed by atoms with E-state index in [1.165, 1.54) is 0 Å². The number of rotatable bonds is 4. The number of nitrogen functional groups attached to an aromatic ring is 1. The summed E-state index contributed by atoms with van der Waals surface area (Å²) in [6.45, 7) is 1.99. The summed E-state index contributed by atoms with van der Waals surface area (Å²) in [5.74, 6) is 0.0153. The van der Waals surface area contributed by atoms with Crippen molar-refractivity contribution in [2.75, 3.05) is 5.73 Å². The van der Waals surface area contributed by atoms with Crippen LogP contribution in [0.1, 0.15) is 23.4 Å². The Bertz CT molecular complexity index is 522. The minimum Gasteiger partial charge on any atom is -0.399 e. The number of amides is 1. The summed E-state index contributed by atoms with van der Waals surface area (Å²) in [5.41, 5.74) is 7.31. The third-order valence-electron chi connectivity index (χ3n) is 2.66. The molecule has 0 aliphatic heterocycles. The van der Waals surface area contributed by atoms with Gasteiger partial charge in [0.1, 0.15) is 0 Å². The molecule has 0 bridgehead atoms. The van der Waals surface area contributed by atoms with Crippen molar-refractivity contribution in [1.29, 1.82) is 0 Å². The van der Waals surface area contributed by atoms with Crippen molar-refractivity contribution in [3.8, 4) is 0 Å². The van der Waals surface area contributed by atoms with Crippen molar-refractivity contribution in [3.63, 3.8) is 0 Å². The van der Waals surface area contributed by atoms with E-state index in [4.69, 9.17) is 5.73 Å². The topological polar surface area (TPSA) is 55.1 Å². The summed E-state index contributed by atoms with van der Waals surface area (Å²) in [5, 5.41) is 4.99. The van der Waals surface area contributed by atoms with E-state index in [2.05, 4.69) is 5.32 Å². The molecule has 1 amide bonds. The van der Waals surface area contributed by atoms with Gasteiger partial charge < -0.3 is 11.1 Å². The number of carbonyl (C=O) groups excluding carboxylic acids is 1. The standard InChI is InChI=1S/C14H16N2OS/c1-10(13-6-3-7-18-13)16-14(17)9-11-4-2-5-12(15)8-11/h2-8,10H,9,15H2,1H3,(H,16,17)/t10-/m0/s1. The molecule has 18 heavy (non-hydrogen) atoms. The first-order chi connectivity index (χ1) is 8.65. The highest BCUT2D eigenvalue weighted by Gasteiger charge is 2.10. The van der Waals surface area contributed by atoms with E-state index in [1.807, 2.05) is 48.7 Å². The molecule has 2 aromatic rings. The van der Waals surface area contributed by atoms with Crippen molar-refractivity contribution in [2.24, 2.45) is 0 Å². The van der Waals surface area contributed by atoms with Crippen LogP contribution in [-0.2, 0) is 11.2 Å². The van der Waals surface area contributed by atoms with Crippen LogP contribution < -0.4 is 11.1 Å². The summed E-state index contributed by atoms with van der Waals surface area (Å²) >= 11 is 1.65. The fourth-order valence-corrected chi connectivity index (χ4v) is 2.52. The second-order valence-corrected chi connectivity index (χ2v) is 5.21. The first-order valence-electron chi connectivity index (χ1n) is 5.82. The number of hydrogen-bond acceptors (Lipinski definition) is 3. The molecule has 0 aliphatic rings. The number of benzene rings is 1. The van der Waals surface area contributed by atoms with Gasteiger partial charge in [0.2, 0.25) is 5.91 Å². The zero-order chi connectivity index (χ0) is 13.0. The molecule has 3 N–H and O–H groups in total. The minimum atomic E-state index is 0.0153. The van der Waals surface area contributed by atoms with Crippen molar-refractivity contribution in [1.82, 2.24) is 5.32 Å². The maximum absolute atomic E-state index is 11.9. The van der Waals surface area contributed by atoms with Crippen LogP contribution in [0.5, 0.6) is 0 Å². The van der Waals surface area contributed by atoms with E-state index in [0.29, 0.717) is 12.1 Å². The average molecular weight is 260 g/mol. The summed E-state index contributed by atoms with van der Waals surface area (Å²) in [6.07, 6.45) is 0.362. The van der Waals surface area contributed by atoms with Gasteiger partial charge in [-0.15, -0.1) is 11.3 Å². The molecule has 0 saturated carbocycles. The third kappa shape index (κ3) is 3.34. The van der Waals surface area contributed by atoms with Gasteiger partial charge in [0, 0.05) is 10.6 Å². The monoisotopic (exact) mass is 260 g/mol. The maximum atomic E-state index is 11.9. The highest BCUT2D eigenvalue weighted by atomic mass is 32.1. The Balaban J connectivity index is 1.93. The highest BCUT2D eigenvalue weighted by molar-refractivity contribution is 7.10. The Morgan fingerprint density at radius 1 is 1.39 bits per heavy atom. The molecule has 4 heteroatoms. The normalized spacial score (nSPS) is 12.1. The van der Waals surface area contributed by atoms with Crippen molar-refractivity contribution < 1.29 is 4.79 Å². The molecular weight excluding hydrogens is 244 g/mol. The fourth-order valence-electron chi connectivity index (χ4n) is 1.79. The van der Waals surface area contributed by atoms with Crippen LogP contribution in [0, 0.1) is 0 Å². The summed E-state index contributed by atoms with van der Waals surface area (Å²) in [6, 6.07) is 11.5. The molecule has 0 fully saturated rings. The Labute approximate surface area is 111 Å². The zero-order valence-electron chi connectivity index (χ0n) is 10.2. The van der Waals surface area contributed by atoms with E-state index < -0.39 is 0 Å². The van der Waals surface area contributed by atoms with E-state index in [1.54, 1.807) is 11.3 Å². The molecule has 1 aromatic carbocycles. The number of nitrogens with one attached hydrogen (secondary N) is 1. The quantitative estimate of drug-likeness (QED) is 0.830. The number of carbonyl (C=O) groups is 1. The first kappa shape index (κ1) is 12.6. The Kier molecular flexibility index (Phi) is 3.99. The SMILES string of the molecule is C[C@H](NC(=O)Cc1cccc(N)c1)c1cccs1. The van der Waals surface area contributed by atoms with Gasteiger partial charge in [-0.05, 0) is 36.1 Å². The molecule has 3 nitrogen and oxygen atoms in total. The van der Waals surface area contributed by atoms with Gasteiger partial charge in [-0.2, -0.15) is 0 Å². The Morgan fingerprint density at radius 3 is 2.89 bits per heavy atom. The molecule has 94 valence electrons. The lowest BCUT2D eigenvalue weighted by molar-refractivity contribution is -0.121. The molecule has 0 radical (unpaired) electrons. The van der Waals surface area contributed by atoms with Gasteiger partial charge >= 0.3 is 0 Å². The molecule has 1 atom stereocenters. The van der Waals surface area contributed by atoms with Crippen LogP contribution >= 0.6 is 11.3 Å². The lowest BCUT2D eigenvalue weighted by Gasteiger charge is -2.12. The molecule has 0 saturated heterocycles. The second kappa shape index (κ2) is 5.69. The van der Waals surface area contributed by atoms with Gasteiger partial charge in [0.05, 0.1) is 12.5 Å². The van der Waals surface area contributed by atoms with E-state index >= 15 is 0 Å². The smallest absolute Gasteiger partial charge is 0.224 e. The van der Waals surface area contributed by atoms with Crippen molar-refractivity contribution >= 4 is 22.9 Å². The molecular formula is C14H16N2OS. The number of hydrogen-bond donors (Lipinski definition) is 2. The van der Waals surface area contributed by atoms with Gasteiger partial charge in [0.25, 0.3) is 0 Å². The number of anilines is 1. The molecule has 0 aliphatic carbocycles. The summed E-state index contributed by atoms with van der Waals surface area (Å²) in [4.78, 5) is 13.0. The van der Waals surface area contributed by atoms with Gasteiger partial charge in [0.15, 0.2) is 0 Å². The van der Waals surface area contributed by atoms with Crippen molar-refractivity contribution in [2.45, 2.75) is 19.4 Å². The largest absolute Gasteiger partial charge is 0.399 e. The lowest BCUT2D eigenvalue weighted by atomic mass is 10.1. The summed E-state index contributed by atoms with van der Waals surface area (Å²) in [7, 11) is 0.